The highest BCUT2D eigenvalue weighted by Gasteiger charge is 2.37. The van der Waals surface area contributed by atoms with Crippen molar-refractivity contribution < 1.29 is 4.39 Å². The smallest absolute Gasteiger partial charge is 0.123 e. The maximum absolute atomic E-state index is 13.4. The molecule has 3 nitrogen and oxygen atoms in total. The standard InChI is InChI=1S/C15H26FN3/c1-5-15(4,19(6-2)7-3)14(18-17)12-9-8-10-13(16)11-12/h8-11,14,18H,5-7,17H2,1-4H3. The van der Waals surface area contributed by atoms with Crippen molar-refractivity contribution >= 4 is 0 Å². The Morgan fingerprint density at radius 2 is 1.95 bits per heavy atom. The number of nitrogens with zero attached hydrogens (tertiary/aromatic N) is 1. The van der Waals surface area contributed by atoms with Gasteiger partial charge in [-0.1, -0.05) is 32.9 Å². The Morgan fingerprint density at radius 3 is 2.37 bits per heavy atom. The molecule has 2 atom stereocenters. The molecule has 0 amide bonds. The molecule has 0 aliphatic rings. The van der Waals surface area contributed by atoms with E-state index >= 15 is 0 Å². The highest BCUT2D eigenvalue weighted by Crippen LogP contribution is 2.33. The van der Waals surface area contributed by atoms with Crippen molar-refractivity contribution in [1.29, 1.82) is 0 Å². The van der Waals surface area contributed by atoms with Gasteiger partial charge in [-0.2, -0.15) is 0 Å². The van der Waals surface area contributed by atoms with Crippen LogP contribution in [0.3, 0.4) is 0 Å². The number of nitrogens with two attached hydrogens (primary N) is 1. The van der Waals surface area contributed by atoms with Gasteiger partial charge in [0, 0.05) is 5.54 Å². The molecule has 1 aromatic carbocycles. The summed E-state index contributed by atoms with van der Waals surface area (Å²) in [5.41, 5.74) is 3.62. The Labute approximate surface area is 116 Å². The fourth-order valence-corrected chi connectivity index (χ4v) is 2.88. The van der Waals surface area contributed by atoms with Gasteiger partial charge in [-0.05, 0) is 44.1 Å². The SMILES string of the molecule is CCN(CC)C(C)(CC)C(NN)c1cccc(F)c1. The van der Waals surface area contributed by atoms with Crippen LogP contribution >= 0.6 is 0 Å². The lowest BCUT2D eigenvalue weighted by molar-refractivity contribution is 0.0697. The first-order valence-electron chi connectivity index (χ1n) is 7.00. The summed E-state index contributed by atoms with van der Waals surface area (Å²) < 4.78 is 13.4. The molecule has 0 saturated carbocycles. The minimum Gasteiger partial charge on any atom is -0.297 e. The predicted octanol–water partition coefficient (Wildman–Crippen LogP) is 2.84. The Morgan fingerprint density at radius 1 is 1.32 bits per heavy atom. The normalized spacial score (nSPS) is 16.4. The molecule has 0 bridgehead atoms. The van der Waals surface area contributed by atoms with Crippen molar-refractivity contribution in [3.8, 4) is 0 Å². The second kappa shape index (κ2) is 6.98. The van der Waals surface area contributed by atoms with E-state index in [0.717, 1.165) is 25.1 Å². The maximum Gasteiger partial charge on any atom is 0.123 e. The predicted molar refractivity (Wildman–Crippen MR) is 78.1 cm³/mol. The molecule has 2 unspecified atom stereocenters. The molecule has 1 aromatic rings. The number of benzene rings is 1. The summed E-state index contributed by atoms with van der Waals surface area (Å²) in [7, 11) is 0. The fraction of sp³-hybridized carbons (Fsp3) is 0.600. The van der Waals surface area contributed by atoms with Gasteiger partial charge >= 0.3 is 0 Å². The monoisotopic (exact) mass is 267 g/mol. The topological polar surface area (TPSA) is 41.3 Å². The van der Waals surface area contributed by atoms with E-state index in [1.165, 1.54) is 6.07 Å². The summed E-state index contributed by atoms with van der Waals surface area (Å²) in [6, 6.07) is 6.56. The number of hydrazine groups is 1. The van der Waals surface area contributed by atoms with E-state index in [1.807, 2.05) is 6.07 Å². The molecule has 0 aliphatic heterocycles. The van der Waals surface area contributed by atoms with Crippen LogP contribution in [0.2, 0.25) is 0 Å². The minimum absolute atomic E-state index is 0.104. The van der Waals surface area contributed by atoms with E-state index in [4.69, 9.17) is 5.84 Å². The number of nitrogens with one attached hydrogen (secondary N) is 1. The van der Waals surface area contributed by atoms with Crippen LogP contribution in [0.15, 0.2) is 24.3 Å². The van der Waals surface area contributed by atoms with E-state index in [2.05, 4.69) is 38.0 Å². The number of hydrogen-bond donors (Lipinski definition) is 2. The van der Waals surface area contributed by atoms with Crippen molar-refractivity contribution in [2.75, 3.05) is 13.1 Å². The van der Waals surface area contributed by atoms with Crippen molar-refractivity contribution in [3.05, 3.63) is 35.6 Å². The maximum atomic E-state index is 13.4. The second-order valence-electron chi connectivity index (χ2n) is 5.04. The van der Waals surface area contributed by atoms with Crippen molar-refractivity contribution in [2.45, 2.75) is 45.7 Å². The van der Waals surface area contributed by atoms with Gasteiger partial charge in [-0.15, -0.1) is 0 Å². The Balaban J connectivity index is 3.18. The van der Waals surface area contributed by atoms with Crippen LogP contribution in [0.1, 0.15) is 45.7 Å². The van der Waals surface area contributed by atoms with E-state index in [1.54, 1.807) is 12.1 Å². The molecule has 0 aromatic heterocycles. The van der Waals surface area contributed by atoms with Crippen molar-refractivity contribution in [1.82, 2.24) is 10.3 Å². The first kappa shape index (κ1) is 16.1. The first-order chi connectivity index (χ1) is 9.03. The van der Waals surface area contributed by atoms with Crippen LogP contribution in [0.5, 0.6) is 0 Å². The van der Waals surface area contributed by atoms with E-state index in [0.29, 0.717) is 0 Å². The van der Waals surface area contributed by atoms with Gasteiger partial charge in [0.1, 0.15) is 5.82 Å². The van der Waals surface area contributed by atoms with Crippen LogP contribution in [0.25, 0.3) is 0 Å². The van der Waals surface area contributed by atoms with E-state index in [9.17, 15) is 4.39 Å². The van der Waals surface area contributed by atoms with Crippen LogP contribution in [0.4, 0.5) is 4.39 Å². The Hall–Kier alpha value is -0.970. The summed E-state index contributed by atoms with van der Waals surface area (Å²) in [5.74, 6) is 5.54. The van der Waals surface area contributed by atoms with E-state index in [-0.39, 0.29) is 17.4 Å². The molecule has 1 rings (SSSR count). The third-order valence-corrected chi connectivity index (χ3v) is 4.17. The number of halogens is 1. The lowest BCUT2D eigenvalue weighted by Crippen LogP contribution is -2.55. The summed E-state index contributed by atoms with van der Waals surface area (Å²) in [4.78, 5) is 2.36. The van der Waals surface area contributed by atoms with Crippen LogP contribution in [0, 0.1) is 5.82 Å². The van der Waals surface area contributed by atoms with Crippen molar-refractivity contribution in [3.63, 3.8) is 0 Å². The number of hydrogen-bond acceptors (Lipinski definition) is 3. The Bertz CT molecular complexity index is 393. The molecule has 19 heavy (non-hydrogen) atoms. The van der Waals surface area contributed by atoms with Crippen LogP contribution in [-0.2, 0) is 0 Å². The second-order valence-corrected chi connectivity index (χ2v) is 5.04. The summed E-state index contributed by atoms with van der Waals surface area (Å²) >= 11 is 0. The third-order valence-electron chi connectivity index (χ3n) is 4.17. The van der Waals surface area contributed by atoms with Crippen molar-refractivity contribution in [2.24, 2.45) is 5.84 Å². The summed E-state index contributed by atoms with van der Waals surface area (Å²) in [6.45, 7) is 10.5. The van der Waals surface area contributed by atoms with Gasteiger partial charge in [-0.25, -0.2) is 4.39 Å². The zero-order valence-corrected chi connectivity index (χ0v) is 12.4. The zero-order valence-electron chi connectivity index (χ0n) is 12.4. The average Bonchev–Trinajstić information content (AvgIpc) is 2.41. The molecule has 0 heterocycles. The quantitative estimate of drug-likeness (QED) is 0.589. The number of likely N-dealkylation sites (N-methyl/N-ethyl adjacent to an activating group) is 1. The molecule has 4 heteroatoms. The lowest BCUT2D eigenvalue weighted by Gasteiger charge is -2.45. The summed E-state index contributed by atoms with van der Waals surface area (Å²) in [5, 5.41) is 0. The van der Waals surface area contributed by atoms with Gasteiger partial charge in [0.05, 0.1) is 6.04 Å². The Kier molecular flexibility index (Phi) is 5.91. The van der Waals surface area contributed by atoms with Gasteiger partial charge in [-0.3, -0.25) is 16.2 Å². The van der Waals surface area contributed by atoms with Crippen LogP contribution in [-0.4, -0.2) is 23.5 Å². The minimum atomic E-state index is -0.226. The third kappa shape index (κ3) is 3.32. The van der Waals surface area contributed by atoms with Gasteiger partial charge in [0.2, 0.25) is 0 Å². The van der Waals surface area contributed by atoms with Crippen LogP contribution < -0.4 is 11.3 Å². The van der Waals surface area contributed by atoms with Gasteiger partial charge < -0.3 is 0 Å². The molecular formula is C15H26FN3. The molecule has 0 spiro atoms. The molecular weight excluding hydrogens is 241 g/mol. The molecule has 0 saturated heterocycles. The summed E-state index contributed by atoms with van der Waals surface area (Å²) in [6.07, 6.45) is 0.931. The largest absolute Gasteiger partial charge is 0.297 e. The molecule has 108 valence electrons. The fourth-order valence-electron chi connectivity index (χ4n) is 2.88. The molecule has 0 radical (unpaired) electrons. The average molecular weight is 267 g/mol. The lowest BCUT2D eigenvalue weighted by atomic mass is 9.83. The zero-order chi connectivity index (χ0) is 14.5. The number of rotatable bonds is 7. The van der Waals surface area contributed by atoms with E-state index < -0.39 is 0 Å². The highest BCUT2D eigenvalue weighted by molar-refractivity contribution is 5.24. The molecule has 0 fully saturated rings. The molecule has 0 aliphatic carbocycles. The highest BCUT2D eigenvalue weighted by atomic mass is 19.1. The van der Waals surface area contributed by atoms with Gasteiger partial charge in [0.15, 0.2) is 0 Å². The molecule has 3 N–H and O–H groups in total. The van der Waals surface area contributed by atoms with Gasteiger partial charge in [0.25, 0.3) is 0 Å². The first-order valence-corrected chi connectivity index (χ1v) is 7.00.